The van der Waals surface area contributed by atoms with Crippen molar-refractivity contribution in [1.29, 1.82) is 0 Å². The molecule has 2 N–H and O–H groups in total. The second-order valence-electron chi connectivity index (χ2n) is 8.86. The molecule has 2 aromatic rings. The molecule has 6 nitrogen and oxygen atoms in total. The second kappa shape index (κ2) is 10.4. The van der Waals surface area contributed by atoms with Gasteiger partial charge in [0.2, 0.25) is 11.8 Å². The zero-order chi connectivity index (χ0) is 22.3. The highest BCUT2D eigenvalue weighted by molar-refractivity contribution is 5.96. The summed E-state index contributed by atoms with van der Waals surface area (Å²) in [4.78, 5) is 39.7. The zero-order valence-electron chi connectivity index (χ0n) is 18.4. The minimum absolute atomic E-state index is 0.0605. The van der Waals surface area contributed by atoms with Crippen LogP contribution in [0.2, 0.25) is 0 Å². The van der Waals surface area contributed by atoms with Crippen molar-refractivity contribution in [1.82, 2.24) is 10.2 Å². The minimum atomic E-state index is -0.228. The predicted octanol–water partition coefficient (Wildman–Crippen LogP) is 3.78. The van der Waals surface area contributed by atoms with Gasteiger partial charge in [-0.15, -0.1) is 0 Å². The highest BCUT2D eigenvalue weighted by atomic mass is 16.2. The van der Waals surface area contributed by atoms with E-state index in [1.54, 1.807) is 29.2 Å². The number of nitrogens with one attached hydrogen (secondary N) is 2. The molecule has 168 valence electrons. The summed E-state index contributed by atoms with van der Waals surface area (Å²) in [6, 6.07) is 17.0. The maximum absolute atomic E-state index is 12.8. The molecule has 0 radical (unpaired) electrons. The lowest BCUT2D eigenvalue weighted by Crippen LogP contribution is -2.44. The molecule has 0 aromatic heterocycles. The maximum atomic E-state index is 12.8. The number of benzene rings is 2. The van der Waals surface area contributed by atoms with E-state index >= 15 is 0 Å². The third-order valence-corrected chi connectivity index (χ3v) is 6.45. The normalized spacial score (nSPS) is 18.9. The number of carbonyl (C=O) groups excluding carboxylic acids is 3. The standard InChI is InChI=1S/C26H31N3O3/c30-24(17-19-7-2-1-3-8-19)29-16-6-9-21(18-29)26(32)28-23-14-12-20(13-15-23)25(31)27-22-10-4-5-11-22/h1-3,7-8,12-15,21-22H,4-6,9-11,16-18H2,(H,27,31)(H,28,32). The van der Waals surface area contributed by atoms with E-state index in [1.165, 1.54) is 12.8 Å². The Morgan fingerprint density at radius 1 is 0.875 bits per heavy atom. The van der Waals surface area contributed by atoms with Crippen LogP contribution in [0.4, 0.5) is 5.69 Å². The molecule has 1 saturated heterocycles. The maximum Gasteiger partial charge on any atom is 0.251 e. The SMILES string of the molecule is O=C(NC1CCCC1)c1ccc(NC(=O)C2CCCN(C(=O)Cc3ccccc3)C2)cc1. The van der Waals surface area contributed by atoms with Gasteiger partial charge in [-0.25, -0.2) is 0 Å². The Labute approximate surface area is 189 Å². The lowest BCUT2D eigenvalue weighted by atomic mass is 9.96. The highest BCUT2D eigenvalue weighted by Gasteiger charge is 2.28. The van der Waals surface area contributed by atoms with Gasteiger partial charge in [0.1, 0.15) is 0 Å². The van der Waals surface area contributed by atoms with Crippen molar-refractivity contribution in [2.45, 2.75) is 51.0 Å². The van der Waals surface area contributed by atoms with Gasteiger partial charge in [0.25, 0.3) is 5.91 Å². The number of rotatable bonds is 6. The van der Waals surface area contributed by atoms with Crippen molar-refractivity contribution in [3.63, 3.8) is 0 Å². The lowest BCUT2D eigenvalue weighted by Gasteiger charge is -2.32. The van der Waals surface area contributed by atoms with Crippen LogP contribution in [0, 0.1) is 5.92 Å². The number of anilines is 1. The third kappa shape index (κ3) is 5.75. The van der Waals surface area contributed by atoms with Gasteiger partial charge in [-0.1, -0.05) is 43.2 Å². The summed E-state index contributed by atoms with van der Waals surface area (Å²) < 4.78 is 0. The average Bonchev–Trinajstić information content (AvgIpc) is 3.33. The number of carbonyl (C=O) groups is 3. The number of hydrogen-bond acceptors (Lipinski definition) is 3. The fourth-order valence-corrected chi connectivity index (χ4v) is 4.59. The molecule has 2 fully saturated rings. The molecule has 1 atom stereocenters. The Morgan fingerprint density at radius 3 is 2.31 bits per heavy atom. The first-order chi connectivity index (χ1) is 15.6. The molecule has 2 aliphatic rings. The first kappa shape index (κ1) is 22.1. The Balaban J connectivity index is 1.29. The van der Waals surface area contributed by atoms with E-state index in [4.69, 9.17) is 0 Å². The molecule has 4 rings (SSSR count). The van der Waals surface area contributed by atoms with E-state index in [2.05, 4.69) is 10.6 Å². The first-order valence-electron chi connectivity index (χ1n) is 11.6. The van der Waals surface area contributed by atoms with Crippen molar-refractivity contribution in [3.05, 3.63) is 65.7 Å². The molecule has 1 unspecified atom stereocenters. The van der Waals surface area contributed by atoms with Crippen molar-refractivity contribution >= 4 is 23.4 Å². The van der Waals surface area contributed by atoms with E-state index < -0.39 is 0 Å². The molecule has 1 aliphatic heterocycles. The van der Waals surface area contributed by atoms with E-state index in [1.807, 2.05) is 30.3 Å². The third-order valence-electron chi connectivity index (χ3n) is 6.45. The van der Waals surface area contributed by atoms with Crippen molar-refractivity contribution < 1.29 is 14.4 Å². The quantitative estimate of drug-likeness (QED) is 0.728. The van der Waals surface area contributed by atoms with Gasteiger partial charge in [-0.05, 0) is 55.5 Å². The number of nitrogens with zero attached hydrogens (tertiary/aromatic N) is 1. The lowest BCUT2D eigenvalue weighted by molar-refractivity contribution is -0.133. The second-order valence-corrected chi connectivity index (χ2v) is 8.86. The van der Waals surface area contributed by atoms with Crippen LogP contribution in [0.1, 0.15) is 54.4 Å². The van der Waals surface area contributed by atoms with Crippen LogP contribution in [-0.2, 0) is 16.0 Å². The summed E-state index contributed by atoms with van der Waals surface area (Å²) >= 11 is 0. The molecule has 3 amide bonds. The molecule has 0 bridgehead atoms. The van der Waals surface area contributed by atoms with Crippen LogP contribution in [0.15, 0.2) is 54.6 Å². The summed E-state index contributed by atoms with van der Waals surface area (Å²) in [6.45, 7) is 1.14. The van der Waals surface area contributed by atoms with Gasteiger partial charge in [-0.2, -0.15) is 0 Å². The molecular weight excluding hydrogens is 402 g/mol. The summed E-state index contributed by atoms with van der Waals surface area (Å²) in [6.07, 6.45) is 6.39. The van der Waals surface area contributed by atoms with Gasteiger partial charge in [0, 0.05) is 30.4 Å². The Hall–Kier alpha value is -3.15. The van der Waals surface area contributed by atoms with Crippen molar-refractivity contribution in [3.8, 4) is 0 Å². The van der Waals surface area contributed by atoms with Crippen LogP contribution in [-0.4, -0.2) is 41.8 Å². The first-order valence-corrected chi connectivity index (χ1v) is 11.6. The molecule has 2 aromatic carbocycles. The summed E-state index contributed by atoms with van der Waals surface area (Å²) in [7, 11) is 0. The van der Waals surface area contributed by atoms with Crippen LogP contribution in [0.25, 0.3) is 0 Å². The van der Waals surface area contributed by atoms with Crippen LogP contribution in [0.5, 0.6) is 0 Å². The number of amides is 3. The predicted molar refractivity (Wildman–Crippen MR) is 124 cm³/mol. The van der Waals surface area contributed by atoms with Crippen LogP contribution >= 0.6 is 0 Å². The van der Waals surface area contributed by atoms with E-state index in [0.717, 1.165) is 31.2 Å². The minimum Gasteiger partial charge on any atom is -0.349 e. The van der Waals surface area contributed by atoms with Crippen molar-refractivity contribution in [2.24, 2.45) is 5.92 Å². The van der Waals surface area contributed by atoms with Crippen LogP contribution in [0.3, 0.4) is 0 Å². The molecule has 32 heavy (non-hydrogen) atoms. The Morgan fingerprint density at radius 2 is 1.59 bits per heavy atom. The average molecular weight is 434 g/mol. The molecule has 6 heteroatoms. The van der Waals surface area contributed by atoms with E-state index in [9.17, 15) is 14.4 Å². The van der Waals surface area contributed by atoms with Gasteiger partial charge >= 0.3 is 0 Å². The number of piperidine rings is 1. The topological polar surface area (TPSA) is 78.5 Å². The fraction of sp³-hybridized carbons (Fsp3) is 0.423. The van der Waals surface area contributed by atoms with Crippen LogP contribution < -0.4 is 10.6 Å². The smallest absolute Gasteiger partial charge is 0.251 e. The number of hydrogen-bond donors (Lipinski definition) is 2. The molecule has 1 saturated carbocycles. The molecule has 0 spiro atoms. The van der Waals surface area contributed by atoms with Gasteiger partial charge < -0.3 is 15.5 Å². The largest absolute Gasteiger partial charge is 0.349 e. The molecule has 1 aliphatic carbocycles. The Kier molecular flexibility index (Phi) is 7.20. The summed E-state index contributed by atoms with van der Waals surface area (Å²) in [5, 5.41) is 6.03. The Bertz CT molecular complexity index is 937. The van der Waals surface area contributed by atoms with E-state index in [0.29, 0.717) is 30.8 Å². The zero-order valence-corrected chi connectivity index (χ0v) is 18.4. The van der Waals surface area contributed by atoms with Crippen molar-refractivity contribution in [2.75, 3.05) is 18.4 Å². The van der Waals surface area contributed by atoms with Gasteiger partial charge in [0.05, 0.1) is 12.3 Å². The molecular formula is C26H31N3O3. The summed E-state index contributed by atoms with van der Waals surface area (Å²) in [5.41, 5.74) is 2.26. The molecule has 1 heterocycles. The summed E-state index contributed by atoms with van der Waals surface area (Å²) in [5.74, 6) is -0.305. The fourth-order valence-electron chi connectivity index (χ4n) is 4.59. The van der Waals surface area contributed by atoms with Gasteiger partial charge in [-0.3, -0.25) is 14.4 Å². The van der Waals surface area contributed by atoms with Gasteiger partial charge in [0.15, 0.2) is 0 Å². The monoisotopic (exact) mass is 433 g/mol. The number of likely N-dealkylation sites (tertiary alicyclic amines) is 1. The highest BCUT2D eigenvalue weighted by Crippen LogP contribution is 2.21. The van der Waals surface area contributed by atoms with E-state index in [-0.39, 0.29) is 29.7 Å².